The van der Waals surface area contributed by atoms with Crippen LogP contribution in [-0.2, 0) is 20.8 Å². The number of aryl methyl sites for hydroxylation is 1. The van der Waals surface area contributed by atoms with E-state index in [1.54, 1.807) is 13.5 Å². The first kappa shape index (κ1) is 28.6. The number of hydrogen-bond donors (Lipinski definition) is 0. The quantitative estimate of drug-likeness (QED) is 0.143. The third kappa shape index (κ3) is 8.83. The molecule has 0 aliphatic rings. The van der Waals surface area contributed by atoms with Gasteiger partial charge in [0.05, 0.1) is 0 Å². The van der Waals surface area contributed by atoms with Crippen LogP contribution < -0.4 is 0 Å². The minimum Gasteiger partial charge on any atom is -0.168 e. The van der Waals surface area contributed by atoms with Gasteiger partial charge in [-0.15, -0.1) is 64.2 Å². The molecule has 0 spiro atoms. The van der Waals surface area contributed by atoms with Gasteiger partial charge in [0.15, 0.2) is 0 Å². The second-order valence-electron chi connectivity index (χ2n) is 6.43. The minimum atomic E-state index is -0.826. The number of hydrogen-bond acceptors (Lipinski definition) is 0. The molecule has 5 rings (SSSR count). The summed E-state index contributed by atoms with van der Waals surface area (Å²) in [5.74, 6) is 0. The van der Waals surface area contributed by atoms with E-state index in [1.165, 1.54) is 38.2 Å². The molecule has 0 bridgehead atoms. The molecule has 32 heavy (non-hydrogen) atoms. The second kappa shape index (κ2) is 17.1. The average molecular weight is 555 g/mol. The summed E-state index contributed by atoms with van der Waals surface area (Å²) in [6.45, 7) is 8.95. The Labute approximate surface area is 215 Å². The Morgan fingerprint density at radius 1 is 0.781 bits per heavy atom. The summed E-state index contributed by atoms with van der Waals surface area (Å²) in [7, 11) is 12.8. The fourth-order valence-corrected chi connectivity index (χ4v) is 3.32. The summed E-state index contributed by atoms with van der Waals surface area (Å²) < 4.78 is 0. The van der Waals surface area contributed by atoms with Crippen molar-refractivity contribution in [1.82, 2.24) is 0 Å². The van der Waals surface area contributed by atoms with Gasteiger partial charge in [-0.2, -0.15) is 30.5 Å². The third-order valence-electron chi connectivity index (χ3n) is 4.53. The van der Waals surface area contributed by atoms with Crippen molar-refractivity contribution in [1.29, 1.82) is 0 Å². The zero-order chi connectivity index (χ0) is 23.8. The monoisotopic (exact) mass is 552 g/mol. The summed E-state index contributed by atoms with van der Waals surface area (Å²) in [5, 5.41) is 5.35. The van der Waals surface area contributed by atoms with E-state index >= 15 is 0 Å². The first-order valence-corrected chi connectivity index (χ1v) is 17.5. The van der Waals surface area contributed by atoms with E-state index in [0.29, 0.717) is 0 Å². The van der Waals surface area contributed by atoms with E-state index in [2.05, 4.69) is 127 Å². The van der Waals surface area contributed by atoms with Crippen LogP contribution >= 0.6 is 17.0 Å². The van der Waals surface area contributed by atoms with Gasteiger partial charge in [-0.3, -0.25) is 0 Å². The van der Waals surface area contributed by atoms with Gasteiger partial charge >= 0.3 is 37.9 Å². The normalized spacial score (nSPS) is 9.09. The summed E-state index contributed by atoms with van der Waals surface area (Å²) in [4.78, 5) is 0. The van der Waals surface area contributed by atoms with Crippen LogP contribution in [0.2, 0.25) is 6.55 Å². The predicted octanol–water partition coefficient (Wildman–Crippen LogP) is 9.51. The van der Waals surface area contributed by atoms with E-state index in [4.69, 9.17) is 17.0 Å². The molecule has 165 valence electrons. The molecule has 0 atom stereocenters. The van der Waals surface area contributed by atoms with Crippen molar-refractivity contribution in [3.05, 3.63) is 116 Å². The molecule has 5 aromatic rings. The first-order chi connectivity index (χ1) is 15.7. The van der Waals surface area contributed by atoms with Crippen LogP contribution in [0.5, 0.6) is 0 Å². The molecule has 5 aromatic carbocycles. The summed E-state index contributed by atoms with van der Waals surface area (Å²) in [6, 6.07) is 36.2. The van der Waals surface area contributed by atoms with E-state index in [-0.39, 0.29) is 0 Å². The molecule has 0 heterocycles. The Hall–Kier alpha value is -1.44. The first-order valence-electron chi connectivity index (χ1n) is 10.2. The molecular formula is C28H28Cl2SiZr-3. The van der Waals surface area contributed by atoms with Gasteiger partial charge in [-0.1, -0.05) is 61.5 Å². The molecule has 0 amide bonds. The smallest absolute Gasteiger partial charge is 0.0809 e. The van der Waals surface area contributed by atoms with Gasteiger partial charge < -0.3 is 6.92 Å². The van der Waals surface area contributed by atoms with E-state index in [9.17, 15) is 0 Å². The zero-order valence-electron chi connectivity index (χ0n) is 18.8. The molecule has 4 heteroatoms. The predicted molar refractivity (Wildman–Crippen MR) is 144 cm³/mol. The van der Waals surface area contributed by atoms with Crippen molar-refractivity contribution in [2.75, 3.05) is 0 Å². The SMILES string of the molecule is C[Si].Cc1cc2c(-c3ccccc3)cccc2[cH-]1.[CH2-]C.[Cl][Zr][Cl].c1ccc2[cH-]ccc2c1. The van der Waals surface area contributed by atoms with Crippen molar-refractivity contribution in [2.45, 2.75) is 20.4 Å². The van der Waals surface area contributed by atoms with E-state index in [0.717, 1.165) is 0 Å². The van der Waals surface area contributed by atoms with Gasteiger partial charge in [-0.05, 0) is 5.56 Å². The molecule has 0 nitrogen and oxygen atoms in total. The standard InChI is InChI=1S/C16H13.C9H7.C2H5.CH3Si.2ClH.Zr/c1-12-10-14-8-5-9-15(16(14)11-12)13-6-3-2-4-7-13;1-2-5-9-7-3-6-8(9)4-1;2*1-2;;;/h2-11H,1H3;1-7H;1H2,2H3;1H3;2*1H;/q3*-1;;;;+2/p-2. The summed E-state index contributed by atoms with van der Waals surface area (Å²) in [6.07, 6.45) is 0. The number of rotatable bonds is 1. The van der Waals surface area contributed by atoms with Gasteiger partial charge in [0, 0.05) is 10.2 Å². The van der Waals surface area contributed by atoms with Crippen molar-refractivity contribution in [3.8, 4) is 11.1 Å². The minimum absolute atomic E-state index is 0.826. The average Bonchev–Trinajstić information content (AvgIpc) is 3.48. The largest absolute Gasteiger partial charge is 0.168 e. The van der Waals surface area contributed by atoms with E-state index < -0.39 is 20.8 Å². The van der Waals surface area contributed by atoms with Crippen molar-refractivity contribution < 1.29 is 20.8 Å². The summed E-state index contributed by atoms with van der Waals surface area (Å²) >= 11 is -0.826. The topological polar surface area (TPSA) is 0 Å². The molecule has 0 aliphatic heterocycles. The maximum atomic E-state index is 4.93. The fraction of sp³-hybridized carbons (Fsp3) is 0.107. The maximum absolute atomic E-state index is 4.93. The van der Waals surface area contributed by atoms with Crippen molar-refractivity contribution >= 4 is 48.8 Å². The summed E-state index contributed by atoms with van der Waals surface area (Å²) in [5.41, 5.74) is 3.95. The molecule has 0 aromatic heterocycles. The molecular weight excluding hydrogens is 527 g/mol. The van der Waals surface area contributed by atoms with Gasteiger partial charge in [0.25, 0.3) is 0 Å². The Bertz CT molecular complexity index is 1100. The number of halogens is 2. The van der Waals surface area contributed by atoms with E-state index in [1.807, 2.05) is 0 Å². The molecule has 0 fully saturated rings. The molecule has 0 saturated heterocycles. The number of fused-ring (bicyclic) bond motifs is 2. The Balaban J connectivity index is 0.000000271. The molecule has 3 radical (unpaired) electrons. The van der Waals surface area contributed by atoms with Crippen LogP contribution in [0.4, 0.5) is 0 Å². The second-order valence-corrected chi connectivity index (χ2v) is 10.2. The Kier molecular flexibility index (Phi) is 15.3. The van der Waals surface area contributed by atoms with Gasteiger partial charge in [-0.25, -0.2) is 0 Å². The zero-order valence-corrected chi connectivity index (χ0v) is 23.7. The molecule has 0 unspecified atom stereocenters. The van der Waals surface area contributed by atoms with Crippen LogP contribution in [0.3, 0.4) is 0 Å². The van der Waals surface area contributed by atoms with Crippen molar-refractivity contribution in [2.24, 2.45) is 0 Å². The van der Waals surface area contributed by atoms with Crippen LogP contribution in [0.25, 0.3) is 32.7 Å². The number of benzene rings is 3. The van der Waals surface area contributed by atoms with Crippen LogP contribution in [0.1, 0.15) is 12.5 Å². The molecule has 0 saturated carbocycles. The van der Waals surface area contributed by atoms with Crippen LogP contribution in [-0.4, -0.2) is 10.2 Å². The van der Waals surface area contributed by atoms with Gasteiger partial charge in [0.2, 0.25) is 0 Å². The van der Waals surface area contributed by atoms with Crippen molar-refractivity contribution in [3.63, 3.8) is 0 Å². The molecule has 0 aliphatic carbocycles. The third-order valence-corrected chi connectivity index (χ3v) is 4.53. The fourth-order valence-electron chi connectivity index (χ4n) is 3.32. The van der Waals surface area contributed by atoms with Crippen LogP contribution in [0.15, 0.2) is 103 Å². The van der Waals surface area contributed by atoms with Crippen LogP contribution in [0, 0.1) is 13.8 Å². The Morgan fingerprint density at radius 2 is 1.38 bits per heavy atom. The van der Waals surface area contributed by atoms with Gasteiger partial charge in [0.1, 0.15) is 0 Å². The molecule has 0 N–H and O–H groups in total. The maximum Gasteiger partial charge on any atom is -0.0809 e. The Morgan fingerprint density at radius 3 is 2.03 bits per heavy atom.